The zero-order valence-electron chi connectivity index (χ0n) is 18.6. The molecular formula is C22H31N9. The summed E-state index contributed by atoms with van der Waals surface area (Å²) in [6, 6.07) is 3.12. The molecule has 0 aromatic carbocycles. The molecule has 31 heavy (non-hydrogen) atoms. The van der Waals surface area contributed by atoms with E-state index < -0.39 is 0 Å². The Bertz CT molecular complexity index is 987. The smallest absolute Gasteiger partial charge is 0.229 e. The standard InChI is InChI=1S/C22H31N9/c1-16-8-19-13-31(7-6-29(19)11-16)22(4-5-23)14-30(15-22)20-17(2)9-24-21(27-20)26-18-10-25-28(3)12-18/h9-10,12,16,19H,4,6-8,11,13-15H2,1-3H3,(H,24,26,27)/t16-,19+/m1/s1. The summed E-state index contributed by atoms with van der Waals surface area (Å²) in [6.07, 6.45) is 7.36. The number of nitriles is 1. The molecule has 0 saturated carbocycles. The van der Waals surface area contributed by atoms with Crippen LogP contribution < -0.4 is 10.2 Å². The lowest BCUT2D eigenvalue weighted by molar-refractivity contribution is -0.000599. The van der Waals surface area contributed by atoms with E-state index in [2.05, 4.69) is 43.1 Å². The van der Waals surface area contributed by atoms with Crippen molar-refractivity contribution >= 4 is 17.5 Å². The van der Waals surface area contributed by atoms with Gasteiger partial charge in [-0.15, -0.1) is 0 Å². The van der Waals surface area contributed by atoms with Crippen LogP contribution in [-0.4, -0.2) is 80.4 Å². The van der Waals surface area contributed by atoms with Crippen LogP contribution in [0.25, 0.3) is 0 Å². The van der Waals surface area contributed by atoms with Gasteiger partial charge in [-0.2, -0.15) is 15.3 Å². The maximum Gasteiger partial charge on any atom is 0.229 e. The molecular weight excluding hydrogens is 390 g/mol. The maximum atomic E-state index is 9.60. The molecule has 2 atom stereocenters. The topological polar surface area (TPSA) is 89.1 Å². The summed E-state index contributed by atoms with van der Waals surface area (Å²) >= 11 is 0. The van der Waals surface area contributed by atoms with Crippen LogP contribution in [0.15, 0.2) is 18.6 Å². The fourth-order valence-electron chi connectivity index (χ4n) is 5.54. The molecule has 3 saturated heterocycles. The second-order valence-corrected chi connectivity index (χ2v) is 9.58. The Balaban J connectivity index is 1.30. The lowest BCUT2D eigenvalue weighted by atomic mass is 9.83. The van der Waals surface area contributed by atoms with E-state index in [1.54, 1.807) is 10.9 Å². The van der Waals surface area contributed by atoms with Gasteiger partial charge in [-0.25, -0.2) is 4.98 Å². The average Bonchev–Trinajstić information content (AvgIpc) is 3.29. The Morgan fingerprint density at radius 3 is 2.84 bits per heavy atom. The van der Waals surface area contributed by atoms with Crippen molar-refractivity contribution in [2.75, 3.05) is 49.5 Å². The van der Waals surface area contributed by atoms with Crippen LogP contribution >= 0.6 is 0 Å². The molecule has 9 nitrogen and oxygen atoms in total. The highest BCUT2D eigenvalue weighted by Crippen LogP contribution is 2.38. The van der Waals surface area contributed by atoms with Crippen LogP contribution in [0, 0.1) is 24.2 Å². The van der Waals surface area contributed by atoms with Crippen molar-refractivity contribution in [3.8, 4) is 6.07 Å². The van der Waals surface area contributed by atoms with Crippen molar-refractivity contribution in [3.63, 3.8) is 0 Å². The molecule has 3 aliphatic heterocycles. The van der Waals surface area contributed by atoms with E-state index in [0.717, 1.165) is 55.7 Å². The zero-order valence-corrected chi connectivity index (χ0v) is 18.6. The van der Waals surface area contributed by atoms with E-state index >= 15 is 0 Å². The van der Waals surface area contributed by atoms with Gasteiger partial charge < -0.3 is 10.2 Å². The molecule has 3 fully saturated rings. The van der Waals surface area contributed by atoms with Crippen molar-refractivity contribution in [1.82, 2.24) is 29.5 Å². The summed E-state index contributed by atoms with van der Waals surface area (Å²) in [5.74, 6) is 2.30. The van der Waals surface area contributed by atoms with E-state index in [-0.39, 0.29) is 5.54 Å². The van der Waals surface area contributed by atoms with Crippen molar-refractivity contribution in [1.29, 1.82) is 5.26 Å². The first kappa shape index (κ1) is 20.2. The van der Waals surface area contributed by atoms with Gasteiger partial charge in [-0.3, -0.25) is 14.5 Å². The van der Waals surface area contributed by atoms with Gasteiger partial charge in [-0.1, -0.05) is 6.92 Å². The molecule has 5 heterocycles. The minimum absolute atomic E-state index is 0.0685. The lowest BCUT2D eigenvalue weighted by Crippen LogP contribution is -2.73. The summed E-state index contributed by atoms with van der Waals surface area (Å²) in [4.78, 5) is 16.8. The second-order valence-electron chi connectivity index (χ2n) is 9.58. The number of fused-ring (bicyclic) bond motifs is 1. The second kappa shape index (κ2) is 7.77. The molecule has 5 rings (SSSR count). The normalized spacial score (nSPS) is 25.7. The van der Waals surface area contributed by atoms with Crippen molar-refractivity contribution in [2.24, 2.45) is 13.0 Å². The average molecular weight is 422 g/mol. The van der Waals surface area contributed by atoms with Gasteiger partial charge in [0, 0.05) is 70.3 Å². The van der Waals surface area contributed by atoms with E-state index in [0.29, 0.717) is 18.4 Å². The number of nitrogens with one attached hydrogen (secondary N) is 1. The van der Waals surface area contributed by atoms with E-state index in [1.807, 2.05) is 26.4 Å². The summed E-state index contributed by atoms with van der Waals surface area (Å²) in [5.41, 5.74) is 1.85. The van der Waals surface area contributed by atoms with Crippen molar-refractivity contribution in [2.45, 2.75) is 38.3 Å². The van der Waals surface area contributed by atoms with Crippen LogP contribution in [-0.2, 0) is 7.05 Å². The van der Waals surface area contributed by atoms with Gasteiger partial charge in [0.1, 0.15) is 5.82 Å². The van der Waals surface area contributed by atoms with Crippen LogP contribution in [0.2, 0.25) is 0 Å². The highest BCUT2D eigenvalue weighted by Gasteiger charge is 2.51. The third-order valence-corrected chi connectivity index (χ3v) is 7.08. The Kier molecular flexibility index (Phi) is 5.07. The molecule has 2 aromatic heterocycles. The number of aryl methyl sites for hydroxylation is 2. The Morgan fingerprint density at radius 2 is 2.10 bits per heavy atom. The third kappa shape index (κ3) is 3.75. The number of nitrogens with zero attached hydrogens (tertiary/aromatic N) is 8. The first-order chi connectivity index (χ1) is 15.0. The summed E-state index contributed by atoms with van der Waals surface area (Å²) in [7, 11) is 1.88. The summed E-state index contributed by atoms with van der Waals surface area (Å²) in [6.45, 7) is 10.6. The number of aromatic nitrogens is 4. The van der Waals surface area contributed by atoms with Crippen LogP contribution in [0.1, 0.15) is 25.3 Å². The fraction of sp³-hybridized carbons (Fsp3) is 0.636. The molecule has 0 radical (unpaired) electrons. The quantitative estimate of drug-likeness (QED) is 0.781. The minimum atomic E-state index is -0.0685. The first-order valence-corrected chi connectivity index (χ1v) is 11.2. The van der Waals surface area contributed by atoms with Crippen molar-refractivity contribution in [3.05, 3.63) is 24.2 Å². The number of hydrogen-bond donors (Lipinski definition) is 1. The molecule has 0 amide bonds. The Morgan fingerprint density at radius 1 is 1.26 bits per heavy atom. The number of anilines is 3. The number of piperazine rings is 1. The van der Waals surface area contributed by atoms with Crippen LogP contribution in [0.3, 0.4) is 0 Å². The molecule has 1 N–H and O–H groups in total. The molecule has 2 aromatic rings. The Hall–Kier alpha value is -2.70. The minimum Gasteiger partial charge on any atom is -0.352 e. The largest absolute Gasteiger partial charge is 0.352 e. The van der Waals surface area contributed by atoms with Gasteiger partial charge in [0.05, 0.1) is 29.9 Å². The van der Waals surface area contributed by atoms with Crippen molar-refractivity contribution < 1.29 is 0 Å². The maximum absolute atomic E-state index is 9.60. The molecule has 0 bridgehead atoms. The van der Waals surface area contributed by atoms with Gasteiger partial charge >= 0.3 is 0 Å². The number of hydrogen-bond acceptors (Lipinski definition) is 8. The predicted molar refractivity (Wildman–Crippen MR) is 119 cm³/mol. The summed E-state index contributed by atoms with van der Waals surface area (Å²) < 4.78 is 1.74. The predicted octanol–water partition coefficient (Wildman–Crippen LogP) is 1.76. The SMILES string of the molecule is Cc1cnc(Nc2cnn(C)c2)nc1N1CC(CC#N)(N2CCN3C[C@H](C)C[C@H]3C2)C1. The van der Waals surface area contributed by atoms with E-state index in [9.17, 15) is 5.26 Å². The molecule has 0 aliphatic carbocycles. The summed E-state index contributed by atoms with van der Waals surface area (Å²) in [5, 5.41) is 17.0. The number of rotatable bonds is 5. The first-order valence-electron chi connectivity index (χ1n) is 11.2. The van der Waals surface area contributed by atoms with Gasteiger partial charge in [-0.05, 0) is 19.3 Å². The third-order valence-electron chi connectivity index (χ3n) is 7.08. The van der Waals surface area contributed by atoms with Gasteiger partial charge in [0.15, 0.2) is 0 Å². The van der Waals surface area contributed by atoms with Crippen LogP contribution in [0.5, 0.6) is 0 Å². The molecule has 9 heteroatoms. The van der Waals surface area contributed by atoms with Gasteiger partial charge in [0.2, 0.25) is 5.95 Å². The monoisotopic (exact) mass is 421 g/mol. The molecule has 0 spiro atoms. The molecule has 0 unspecified atom stereocenters. The van der Waals surface area contributed by atoms with Gasteiger partial charge in [0.25, 0.3) is 0 Å². The highest BCUT2D eigenvalue weighted by atomic mass is 15.4. The molecule has 3 aliphatic rings. The van der Waals surface area contributed by atoms with Crippen LogP contribution in [0.4, 0.5) is 17.5 Å². The fourth-order valence-corrected chi connectivity index (χ4v) is 5.54. The Labute approximate surface area is 183 Å². The highest BCUT2D eigenvalue weighted by molar-refractivity contribution is 5.57. The van der Waals surface area contributed by atoms with E-state index in [1.165, 1.54) is 13.0 Å². The molecule has 164 valence electrons. The zero-order chi connectivity index (χ0) is 21.6. The van der Waals surface area contributed by atoms with E-state index in [4.69, 9.17) is 4.98 Å². The lowest BCUT2D eigenvalue weighted by Gasteiger charge is -2.58.